The number of halogens is 1. The Morgan fingerprint density at radius 3 is 2.43 bits per heavy atom. The Hall–Kier alpha value is -2.84. The molecule has 0 atom stereocenters. The van der Waals surface area contributed by atoms with E-state index in [0.29, 0.717) is 36.1 Å². The predicted octanol–water partition coefficient (Wildman–Crippen LogP) is 3.68. The molecule has 1 aliphatic rings. The van der Waals surface area contributed by atoms with E-state index in [1.54, 1.807) is 49.3 Å². The van der Waals surface area contributed by atoms with Gasteiger partial charge in [0.05, 0.1) is 17.3 Å². The van der Waals surface area contributed by atoms with Crippen molar-refractivity contribution in [2.24, 2.45) is 0 Å². The average Bonchev–Trinajstić information content (AvgIpc) is 2.76. The van der Waals surface area contributed by atoms with Gasteiger partial charge in [0.1, 0.15) is 0 Å². The Kier molecular flexibility index (Phi) is 7.48. The number of rotatable bonds is 5. The molecule has 2 aromatic rings. The van der Waals surface area contributed by atoms with Gasteiger partial charge in [0.25, 0.3) is 0 Å². The zero-order valence-corrected chi connectivity index (χ0v) is 17.9. The Labute approximate surface area is 181 Å². The number of amides is 3. The van der Waals surface area contributed by atoms with Crippen molar-refractivity contribution in [2.75, 3.05) is 50.1 Å². The molecule has 3 amide bonds. The van der Waals surface area contributed by atoms with Gasteiger partial charge in [-0.15, -0.1) is 0 Å². The predicted molar refractivity (Wildman–Crippen MR) is 117 cm³/mol. The normalized spacial score (nSPS) is 14.3. The van der Waals surface area contributed by atoms with Crippen molar-refractivity contribution >= 4 is 35.1 Å². The van der Waals surface area contributed by atoms with Gasteiger partial charge in [0, 0.05) is 57.3 Å². The Morgan fingerprint density at radius 1 is 1.13 bits per heavy atom. The van der Waals surface area contributed by atoms with Crippen LogP contribution in [0.15, 0.2) is 42.6 Å². The number of urea groups is 1. The van der Waals surface area contributed by atoms with E-state index < -0.39 is 6.09 Å². The summed E-state index contributed by atoms with van der Waals surface area (Å²) in [5, 5.41) is 3.54. The minimum atomic E-state index is -0.416. The fraction of sp³-hybridized carbons (Fsp3) is 0.381. The molecule has 1 aliphatic heterocycles. The summed E-state index contributed by atoms with van der Waals surface area (Å²) in [6.07, 6.45) is 1.23. The molecular formula is C21H26ClN5O3. The Balaban J connectivity index is 1.47. The van der Waals surface area contributed by atoms with Crippen molar-refractivity contribution in [2.45, 2.75) is 13.5 Å². The second kappa shape index (κ2) is 10.3. The summed E-state index contributed by atoms with van der Waals surface area (Å²) >= 11 is 5.88. The lowest BCUT2D eigenvalue weighted by Gasteiger charge is -2.34. The molecule has 1 aromatic carbocycles. The van der Waals surface area contributed by atoms with E-state index in [2.05, 4.69) is 15.2 Å². The van der Waals surface area contributed by atoms with Gasteiger partial charge in [-0.25, -0.2) is 9.59 Å². The number of pyridine rings is 1. The fourth-order valence-corrected chi connectivity index (χ4v) is 3.25. The third kappa shape index (κ3) is 5.84. The third-order valence-electron chi connectivity index (χ3n) is 4.88. The van der Waals surface area contributed by atoms with Gasteiger partial charge in [0.2, 0.25) is 0 Å². The maximum absolute atomic E-state index is 12.6. The summed E-state index contributed by atoms with van der Waals surface area (Å²) in [7, 11) is 1.64. The lowest BCUT2D eigenvalue weighted by molar-refractivity contribution is 0.142. The molecule has 3 rings (SSSR count). The maximum atomic E-state index is 12.6. The molecule has 0 unspecified atom stereocenters. The van der Waals surface area contributed by atoms with Crippen molar-refractivity contribution in [1.29, 1.82) is 0 Å². The molecule has 0 spiro atoms. The maximum Gasteiger partial charge on any atom is 0.413 e. The van der Waals surface area contributed by atoms with Gasteiger partial charge >= 0.3 is 12.1 Å². The molecule has 0 bridgehead atoms. The Bertz CT molecular complexity index is 852. The zero-order valence-electron chi connectivity index (χ0n) is 17.2. The van der Waals surface area contributed by atoms with E-state index in [1.807, 2.05) is 12.1 Å². The number of nitrogens with zero attached hydrogens (tertiary/aromatic N) is 4. The van der Waals surface area contributed by atoms with E-state index in [1.165, 1.54) is 4.90 Å². The molecule has 9 heteroatoms. The molecule has 160 valence electrons. The minimum Gasteiger partial charge on any atom is -0.449 e. The van der Waals surface area contributed by atoms with Crippen LogP contribution in [0.3, 0.4) is 0 Å². The molecule has 30 heavy (non-hydrogen) atoms. The third-order valence-corrected chi connectivity index (χ3v) is 5.10. The molecule has 1 N–H and O–H groups in total. The largest absolute Gasteiger partial charge is 0.449 e. The van der Waals surface area contributed by atoms with Crippen molar-refractivity contribution in [3.05, 3.63) is 53.3 Å². The van der Waals surface area contributed by atoms with E-state index in [0.717, 1.165) is 25.3 Å². The number of hydrogen-bond donors (Lipinski definition) is 1. The summed E-state index contributed by atoms with van der Waals surface area (Å²) in [5.41, 5.74) is 2.33. The zero-order chi connectivity index (χ0) is 21.5. The second-order valence-electron chi connectivity index (χ2n) is 6.97. The summed E-state index contributed by atoms with van der Waals surface area (Å²) < 4.78 is 4.98. The molecule has 1 saturated heterocycles. The number of ether oxygens (including phenoxy) is 1. The van der Waals surface area contributed by atoms with E-state index in [9.17, 15) is 9.59 Å². The van der Waals surface area contributed by atoms with Crippen molar-refractivity contribution in [3.63, 3.8) is 0 Å². The van der Waals surface area contributed by atoms with Crippen LogP contribution in [0, 0.1) is 0 Å². The first-order valence-corrected chi connectivity index (χ1v) is 10.2. The smallest absolute Gasteiger partial charge is 0.413 e. The number of hydrogen-bond acceptors (Lipinski definition) is 5. The summed E-state index contributed by atoms with van der Waals surface area (Å²) in [5.74, 6) is 0. The monoisotopic (exact) mass is 431 g/mol. The Morgan fingerprint density at radius 2 is 1.83 bits per heavy atom. The summed E-state index contributed by atoms with van der Waals surface area (Å²) in [4.78, 5) is 34.2. The summed E-state index contributed by atoms with van der Waals surface area (Å²) in [6.45, 7) is 5.66. The van der Waals surface area contributed by atoms with Crippen LogP contribution in [0.5, 0.6) is 0 Å². The van der Waals surface area contributed by atoms with Gasteiger partial charge in [-0.1, -0.05) is 11.6 Å². The topological polar surface area (TPSA) is 78.0 Å². The first-order valence-electron chi connectivity index (χ1n) is 9.85. The second-order valence-corrected chi connectivity index (χ2v) is 7.40. The van der Waals surface area contributed by atoms with Crippen LogP contribution in [-0.2, 0) is 11.3 Å². The molecule has 2 heterocycles. The van der Waals surface area contributed by atoms with E-state index >= 15 is 0 Å². The van der Waals surface area contributed by atoms with Crippen LogP contribution < -0.4 is 10.2 Å². The van der Waals surface area contributed by atoms with Gasteiger partial charge in [0.15, 0.2) is 0 Å². The number of carbonyl (C=O) groups is 2. The summed E-state index contributed by atoms with van der Waals surface area (Å²) in [6, 6.07) is 10.7. The van der Waals surface area contributed by atoms with Crippen LogP contribution in [0.1, 0.15) is 12.6 Å². The lowest BCUT2D eigenvalue weighted by atomic mass is 10.2. The highest BCUT2D eigenvalue weighted by Gasteiger charge is 2.21. The first-order chi connectivity index (χ1) is 14.5. The highest BCUT2D eigenvalue weighted by Crippen LogP contribution is 2.18. The highest BCUT2D eigenvalue weighted by atomic mass is 35.5. The lowest BCUT2D eigenvalue weighted by Crippen LogP contribution is -2.49. The standard InChI is InChI=1S/C21H26ClN5O3/c1-3-30-21(29)25(2)19-8-6-17(7-9-19)24-20(28)27-12-10-26(11-13-27)15-18-5-4-16(22)14-23-18/h4-9,14H,3,10-13,15H2,1-2H3,(H,24,28). The first kappa shape index (κ1) is 21.9. The van der Waals surface area contributed by atoms with Crippen LogP contribution in [0.4, 0.5) is 21.0 Å². The quantitative estimate of drug-likeness (QED) is 0.781. The van der Waals surface area contributed by atoms with E-state index in [4.69, 9.17) is 16.3 Å². The SMILES string of the molecule is CCOC(=O)N(C)c1ccc(NC(=O)N2CCN(Cc3ccc(Cl)cn3)CC2)cc1. The highest BCUT2D eigenvalue weighted by molar-refractivity contribution is 6.30. The molecular weight excluding hydrogens is 406 g/mol. The van der Waals surface area contributed by atoms with Gasteiger partial charge in [-0.3, -0.25) is 14.8 Å². The average molecular weight is 432 g/mol. The molecule has 0 radical (unpaired) electrons. The number of anilines is 2. The molecule has 1 aromatic heterocycles. The molecule has 0 aliphatic carbocycles. The fourth-order valence-electron chi connectivity index (χ4n) is 3.13. The number of nitrogens with one attached hydrogen (secondary N) is 1. The molecule has 1 fully saturated rings. The number of piperazine rings is 1. The van der Waals surface area contributed by atoms with Gasteiger partial charge < -0.3 is 15.0 Å². The van der Waals surface area contributed by atoms with Crippen molar-refractivity contribution in [3.8, 4) is 0 Å². The van der Waals surface area contributed by atoms with Crippen molar-refractivity contribution < 1.29 is 14.3 Å². The number of benzene rings is 1. The van der Waals surface area contributed by atoms with Crippen LogP contribution in [0.25, 0.3) is 0 Å². The number of aromatic nitrogens is 1. The van der Waals surface area contributed by atoms with E-state index in [-0.39, 0.29) is 6.03 Å². The number of carbonyl (C=O) groups excluding carboxylic acids is 2. The molecule has 8 nitrogen and oxygen atoms in total. The minimum absolute atomic E-state index is 0.134. The van der Waals surface area contributed by atoms with Gasteiger partial charge in [-0.05, 0) is 43.3 Å². The van der Waals surface area contributed by atoms with Crippen LogP contribution in [-0.4, -0.2) is 66.7 Å². The van der Waals surface area contributed by atoms with Crippen LogP contribution in [0.2, 0.25) is 5.02 Å². The van der Waals surface area contributed by atoms with Gasteiger partial charge in [-0.2, -0.15) is 0 Å². The van der Waals surface area contributed by atoms with Crippen molar-refractivity contribution in [1.82, 2.24) is 14.8 Å². The molecule has 0 saturated carbocycles. The van der Waals surface area contributed by atoms with Crippen LogP contribution >= 0.6 is 11.6 Å².